The summed E-state index contributed by atoms with van der Waals surface area (Å²) in [5.41, 5.74) is 0. The summed E-state index contributed by atoms with van der Waals surface area (Å²) in [5.74, 6) is 0. The Morgan fingerprint density at radius 1 is 1.40 bits per heavy atom. The SMILES string of the molecule is O=P(O)(CO)OCCCO. The minimum Gasteiger partial charge on any atom is -0.396 e. The highest BCUT2D eigenvalue weighted by atomic mass is 31.2. The Hall–Kier alpha value is 0.0700. The minimum atomic E-state index is -3.76. The van der Waals surface area contributed by atoms with Gasteiger partial charge in [0.1, 0.15) is 6.35 Å². The van der Waals surface area contributed by atoms with Gasteiger partial charge in [-0.25, -0.2) is 0 Å². The van der Waals surface area contributed by atoms with E-state index >= 15 is 0 Å². The maximum atomic E-state index is 10.5. The number of hydrogen-bond donors (Lipinski definition) is 3. The third-order valence-corrected chi connectivity index (χ3v) is 1.72. The van der Waals surface area contributed by atoms with Gasteiger partial charge in [0.15, 0.2) is 0 Å². The molecule has 0 saturated carbocycles. The Labute approximate surface area is 58.8 Å². The van der Waals surface area contributed by atoms with Crippen LogP contribution in [-0.4, -0.2) is 34.7 Å². The molecule has 0 heterocycles. The van der Waals surface area contributed by atoms with Gasteiger partial charge in [-0.3, -0.25) is 4.57 Å². The second kappa shape index (κ2) is 4.82. The second-order valence-electron chi connectivity index (χ2n) is 1.69. The smallest absolute Gasteiger partial charge is 0.353 e. The van der Waals surface area contributed by atoms with E-state index in [9.17, 15) is 4.57 Å². The summed E-state index contributed by atoms with van der Waals surface area (Å²) in [5, 5.41) is 16.4. The van der Waals surface area contributed by atoms with E-state index in [0.717, 1.165) is 0 Å². The van der Waals surface area contributed by atoms with E-state index < -0.39 is 13.9 Å². The van der Waals surface area contributed by atoms with E-state index in [2.05, 4.69) is 4.52 Å². The van der Waals surface area contributed by atoms with E-state index in [1.165, 1.54) is 0 Å². The van der Waals surface area contributed by atoms with Crippen molar-refractivity contribution in [3.63, 3.8) is 0 Å². The molecule has 0 aromatic rings. The zero-order valence-electron chi connectivity index (χ0n) is 5.43. The van der Waals surface area contributed by atoms with Crippen LogP contribution >= 0.6 is 7.60 Å². The summed E-state index contributed by atoms with van der Waals surface area (Å²) >= 11 is 0. The molecule has 0 spiro atoms. The highest BCUT2D eigenvalue weighted by molar-refractivity contribution is 7.52. The molecule has 6 heteroatoms. The Morgan fingerprint density at radius 2 is 2.00 bits per heavy atom. The van der Waals surface area contributed by atoms with E-state index in [-0.39, 0.29) is 13.2 Å². The van der Waals surface area contributed by atoms with Crippen LogP contribution in [0.4, 0.5) is 0 Å². The molecular formula is C4H11O5P. The average Bonchev–Trinajstić information content (AvgIpc) is 1.89. The van der Waals surface area contributed by atoms with Crippen molar-refractivity contribution in [2.45, 2.75) is 6.42 Å². The van der Waals surface area contributed by atoms with Gasteiger partial charge in [-0.1, -0.05) is 0 Å². The standard InChI is InChI=1S/C4H11O5P/c5-2-1-3-9-10(7,8)4-6/h5-6H,1-4H2,(H,7,8). The first-order valence-corrected chi connectivity index (χ1v) is 4.57. The van der Waals surface area contributed by atoms with Gasteiger partial charge in [0.25, 0.3) is 0 Å². The van der Waals surface area contributed by atoms with Crippen molar-refractivity contribution >= 4 is 7.60 Å². The molecule has 0 rings (SSSR count). The molecular weight excluding hydrogens is 159 g/mol. The lowest BCUT2D eigenvalue weighted by Crippen LogP contribution is -1.97. The van der Waals surface area contributed by atoms with Crippen LogP contribution in [0.2, 0.25) is 0 Å². The number of rotatable bonds is 5. The molecule has 0 radical (unpaired) electrons. The quantitative estimate of drug-likeness (QED) is 0.383. The average molecular weight is 170 g/mol. The zero-order valence-corrected chi connectivity index (χ0v) is 6.33. The van der Waals surface area contributed by atoms with Gasteiger partial charge < -0.3 is 19.6 Å². The molecule has 0 aliphatic rings. The van der Waals surface area contributed by atoms with Gasteiger partial charge in [0, 0.05) is 6.61 Å². The van der Waals surface area contributed by atoms with Crippen molar-refractivity contribution in [1.29, 1.82) is 0 Å². The van der Waals surface area contributed by atoms with E-state index in [1.54, 1.807) is 0 Å². The maximum absolute atomic E-state index is 10.5. The molecule has 0 bridgehead atoms. The van der Waals surface area contributed by atoms with Gasteiger partial charge in [-0.15, -0.1) is 0 Å². The van der Waals surface area contributed by atoms with Gasteiger partial charge in [-0.2, -0.15) is 0 Å². The summed E-state index contributed by atoms with van der Waals surface area (Å²) in [4.78, 5) is 8.55. The van der Waals surface area contributed by atoms with Crippen LogP contribution in [0.5, 0.6) is 0 Å². The zero-order chi connectivity index (χ0) is 8.04. The van der Waals surface area contributed by atoms with E-state index in [4.69, 9.17) is 15.1 Å². The highest BCUT2D eigenvalue weighted by Crippen LogP contribution is 2.39. The van der Waals surface area contributed by atoms with Crippen molar-refractivity contribution in [3.05, 3.63) is 0 Å². The van der Waals surface area contributed by atoms with Crippen LogP contribution in [-0.2, 0) is 9.09 Å². The maximum Gasteiger partial charge on any atom is 0.353 e. The third-order valence-electron chi connectivity index (χ3n) is 0.774. The summed E-state index contributed by atoms with van der Waals surface area (Å²) in [6.45, 7) is -0.101. The molecule has 0 fully saturated rings. The first-order valence-electron chi connectivity index (χ1n) is 2.80. The van der Waals surface area contributed by atoms with Crippen molar-refractivity contribution < 1.29 is 24.2 Å². The molecule has 3 N–H and O–H groups in total. The molecule has 5 nitrogen and oxygen atoms in total. The summed E-state index contributed by atoms with van der Waals surface area (Å²) in [6.07, 6.45) is -0.580. The second-order valence-corrected chi connectivity index (χ2v) is 3.51. The van der Waals surface area contributed by atoms with Crippen LogP contribution in [0.25, 0.3) is 0 Å². The lowest BCUT2D eigenvalue weighted by Gasteiger charge is -2.07. The largest absolute Gasteiger partial charge is 0.396 e. The Kier molecular flexibility index (Phi) is 4.85. The van der Waals surface area contributed by atoms with Crippen molar-refractivity contribution in [1.82, 2.24) is 0 Å². The minimum absolute atomic E-state index is 0.00909. The fourth-order valence-electron chi connectivity index (χ4n) is 0.313. The molecule has 0 amide bonds. The summed E-state index contributed by atoms with van der Waals surface area (Å²) in [6, 6.07) is 0. The fraction of sp³-hybridized carbons (Fsp3) is 1.00. The van der Waals surface area contributed by atoms with Crippen molar-refractivity contribution in [2.75, 3.05) is 19.6 Å². The Bertz CT molecular complexity index is 125. The molecule has 1 atom stereocenters. The van der Waals surface area contributed by atoms with Gasteiger partial charge >= 0.3 is 7.60 Å². The van der Waals surface area contributed by atoms with Gasteiger partial charge in [0.05, 0.1) is 6.61 Å². The monoisotopic (exact) mass is 170 g/mol. The number of hydrogen-bond acceptors (Lipinski definition) is 4. The van der Waals surface area contributed by atoms with Gasteiger partial charge in [-0.05, 0) is 6.42 Å². The van der Waals surface area contributed by atoms with E-state index in [1.807, 2.05) is 0 Å². The third kappa shape index (κ3) is 4.90. The number of aliphatic hydroxyl groups excluding tert-OH is 2. The lowest BCUT2D eigenvalue weighted by molar-refractivity contribution is 0.197. The Balaban J connectivity index is 3.38. The molecule has 62 valence electrons. The fourth-order valence-corrected chi connectivity index (χ4v) is 0.809. The molecule has 0 aromatic heterocycles. The molecule has 0 aliphatic carbocycles. The molecule has 0 saturated heterocycles. The summed E-state index contributed by atoms with van der Waals surface area (Å²) in [7, 11) is -3.76. The van der Waals surface area contributed by atoms with Crippen molar-refractivity contribution in [3.8, 4) is 0 Å². The summed E-state index contributed by atoms with van der Waals surface area (Å²) < 4.78 is 14.8. The first-order chi connectivity index (χ1) is 4.62. The van der Waals surface area contributed by atoms with Crippen LogP contribution in [0.3, 0.4) is 0 Å². The topological polar surface area (TPSA) is 87.0 Å². The highest BCUT2D eigenvalue weighted by Gasteiger charge is 2.15. The predicted octanol–water partition coefficient (Wildman–Crippen LogP) is -0.479. The van der Waals surface area contributed by atoms with Gasteiger partial charge in [0.2, 0.25) is 0 Å². The predicted molar refractivity (Wildman–Crippen MR) is 34.6 cm³/mol. The molecule has 0 aliphatic heterocycles. The molecule has 0 aromatic carbocycles. The van der Waals surface area contributed by atoms with Crippen LogP contribution in [0.15, 0.2) is 0 Å². The molecule has 1 unspecified atom stereocenters. The number of aliphatic hydroxyl groups is 2. The van der Waals surface area contributed by atoms with Crippen LogP contribution < -0.4 is 0 Å². The lowest BCUT2D eigenvalue weighted by atomic mass is 10.5. The van der Waals surface area contributed by atoms with Crippen LogP contribution in [0, 0.1) is 0 Å². The van der Waals surface area contributed by atoms with Crippen molar-refractivity contribution in [2.24, 2.45) is 0 Å². The molecule has 10 heavy (non-hydrogen) atoms. The normalized spacial score (nSPS) is 16.7. The Morgan fingerprint density at radius 3 is 2.40 bits per heavy atom. The first kappa shape index (κ1) is 10.1. The van der Waals surface area contributed by atoms with E-state index in [0.29, 0.717) is 6.42 Å². The van der Waals surface area contributed by atoms with Crippen LogP contribution in [0.1, 0.15) is 6.42 Å².